The van der Waals surface area contributed by atoms with E-state index in [1.165, 1.54) is 0 Å². The number of aliphatic hydroxyl groups excluding tert-OH is 2. The van der Waals surface area contributed by atoms with Gasteiger partial charge in [0.05, 0.1) is 6.10 Å². The summed E-state index contributed by atoms with van der Waals surface area (Å²) in [6, 6.07) is 0. The van der Waals surface area contributed by atoms with E-state index in [0.29, 0.717) is 18.4 Å². The van der Waals surface area contributed by atoms with Crippen LogP contribution in [-0.2, 0) is 0 Å². The number of hydrogen-bond donors (Lipinski definition) is 2. The third kappa shape index (κ3) is 2.46. The summed E-state index contributed by atoms with van der Waals surface area (Å²) in [6.07, 6.45) is 5.15. The monoisotopic (exact) mass is 172 g/mol. The molecule has 0 amide bonds. The first-order valence-corrected chi connectivity index (χ1v) is 5.06. The third-order valence-electron chi connectivity index (χ3n) is 3.11. The van der Waals surface area contributed by atoms with E-state index >= 15 is 0 Å². The summed E-state index contributed by atoms with van der Waals surface area (Å²) in [5.41, 5.74) is 0. The van der Waals surface area contributed by atoms with Crippen LogP contribution >= 0.6 is 0 Å². The molecule has 1 fully saturated rings. The molecule has 1 rings (SSSR count). The van der Waals surface area contributed by atoms with E-state index in [-0.39, 0.29) is 6.10 Å². The largest absolute Gasteiger partial charge is 0.396 e. The lowest BCUT2D eigenvalue weighted by molar-refractivity contribution is 0.0605. The fourth-order valence-electron chi connectivity index (χ4n) is 2.09. The summed E-state index contributed by atoms with van der Waals surface area (Å²) in [5.74, 6) is 1.00. The van der Waals surface area contributed by atoms with Crippen LogP contribution in [0.2, 0.25) is 0 Å². The molecule has 2 heteroatoms. The zero-order valence-electron chi connectivity index (χ0n) is 7.87. The van der Waals surface area contributed by atoms with Gasteiger partial charge in [0.25, 0.3) is 0 Å². The molecule has 12 heavy (non-hydrogen) atoms. The van der Waals surface area contributed by atoms with Gasteiger partial charge in [-0.1, -0.05) is 6.92 Å². The van der Waals surface area contributed by atoms with Crippen LogP contribution in [0, 0.1) is 11.8 Å². The van der Waals surface area contributed by atoms with Crippen LogP contribution in [0.25, 0.3) is 0 Å². The first kappa shape index (κ1) is 10.0. The molecule has 0 aromatic rings. The van der Waals surface area contributed by atoms with Gasteiger partial charge >= 0.3 is 0 Å². The average Bonchev–Trinajstić information content (AvgIpc) is 2.17. The number of rotatable bonds is 3. The quantitative estimate of drug-likeness (QED) is 0.678. The molecule has 1 unspecified atom stereocenters. The lowest BCUT2D eigenvalue weighted by Crippen LogP contribution is -2.26. The van der Waals surface area contributed by atoms with Crippen LogP contribution < -0.4 is 0 Å². The summed E-state index contributed by atoms with van der Waals surface area (Å²) < 4.78 is 0. The Morgan fingerprint density at radius 3 is 2.25 bits per heavy atom. The van der Waals surface area contributed by atoms with Gasteiger partial charge in [-0.05, 0) is 43.9 Å². The first-order valence-electron chi connectivity index (χ1n) is 5.06. The molecule has 0 spiro atoms. The highest BCUT2D eigenvalue weighted by molar-refractivity contribution is 4.76. The van der Waals surface area contributed by atoms with Crippen molar-refractivity contribution < 1.29 is 10.2 Å². The van der Waals surface area contributed by atoms with Crippen molar-refractivity contribution >= 4 is 0 Å². The Morgan fingerprint density at radius 2 is 1.83 bits per heavy atom. The second-order valence-electron chi connectivity index (χ2n) is 3.94. The predicted octanol–water partition coefficient (Wildman–Crippen LogP) is 1.56. The van der Waals surface area contributed by atoms with Crippen molar-refractivity contribution in [3.63, 3.8) is 0 Å². The van der Waals surface area contributed by atoms with Crippen molar-refractivity contribution in [2.24, 2.45) is 11.8 Å². The van der Waals surface area contributed by atoms with Crippen LogP contribution in [0.4, 0.5) is 0 Å². The van der Waals surface area contributed by atoms with E-state index in [9.17, 15) is 5.11 Å². The highest BCUT2D eigenvalue weighted by Crippen LogP contribution is 2.31. The minimum Gasteiger partial charge on any atom is -0.396 e. The fraction of sp³-hybridized carbons (Fsp3) is 1.00. The Bertz CT molecular complexity index is 117. The van der Waals surface area contributed by atoms with Gasteiger partial charge in [-0.3, -0.25) is 0 Å². The molecular weight excluding hydrogens is 152 g/mol. The lowest BCUT2D eigenvalue weighted by Gasteiger charge is -2.30. The van der Waals surface area contributed by atoms with Gasteiger partial charge in [0.15, 0.2) is 0 Å². The van der Waals surface area contributed by atoms with Gasteiger partial charge in [0, 0.05) is 6.61 Å². The minimum atomic E-state index is -0.107. The Hall–Kier alpha value is -0.0800. The van der Waals surface area contributed by atoms with Crippen molar-refractivity contribution in [1.29, 1.82) is 0 Å². The number of hydrogen-bond acceptors (Lipinski definition) is 2. The molecule has 0 aromatic carbocycles. The topological polar surface area (TPSA) is 40.5 Å². The van der Waals surface area contributed by atoms with Crippen molar-refractivity contribution in [2.45, 2.75) is 45.1 Å². The fourth-order valence-corrected chi connectivity index (χ4v) is 2.09. The van der Waals surface area contributed by atoms with Crippen molar-refractivity contribution in [2.75, 3.05) is 6.61 Å². The van der Waals surface area contributed by atoms with Crippen molar-refractivity contribution in [3.8, 4) is 0 Å². The second kappa shape index (κ2) is 4.83. The summed E-state index contributed by atoms with van der Waals surface area (Å²) in [6.45, 7) is 2.36. The summed E-state index contributed by atoms with van der Waals surface area (Å²) in [7, 11) is 0. The molecule has 0 aliphatic heterocycles. The van der Waals surface area contributed by atoms with E-state index < -0.39 is 0 Å². The molecule has 1 aliphatic rings. The smallest absolute Gasteiger partial charge is 0.0565 e. The Kier molecular flexibility index (Phi) is 4.02. The molecule has 0 bridgehead atoms. The minimum absolute atomic E-state index is 0.107. The second-order valence-corrected chi connectivity index (χ2v) is 3.94. The van der Waals surface area contributed by atoms with Gasteiger partial charge in [-0.25, -0.2) is 0 Å². The third-order valence-corrected chi connectivity index (χ3v) is 3.11. The molecule has 1 saturated carbocycles. The van der Waals surface area contributed by atoms with Crippen LogP contribution in [0.15, 0.2) is 0 Å². The molecule has 72 valence electrons. The maximum atomic E-state index is 9.58. The molecule has 2 nitrogen and oxygen atoms in total. The van der Waals surface area contributed by atoms with Crippen molar-refractivity contribution in [3.05, 3.63) is 0 Å². The Labute approximate surface area is 74.6 Å². The van der Waals surface area contributed by atoms with E-state index in [1.807, 2.05) is 6.92 Å². The molecule has 1 aliphatic carbocycles. The van der Waals surface area contributed by atoms with Crippen LogP contribution in [0.1, 0.15) is 39.0 Å². The highest BCUT2D eigenvalue weighted by Gasteiger charge is 2.24. The van der Waals surface area contributed by atoms with Crippen LogP contribution in [-0.4, -0.2) is 22.9 Å². The highest BCUT2D eigenvalue weighted by atomic mass is 16.3. The van der Waals surface area contributed by atoms with E-state index in [4.69, 9.17) is 5.11 Å². The number of aliphatic hydroxyl groups is 2. The average molecular weight is 172 g/mol. The predicted molar refractivity (Wildman–Crippen MR) is 48.8 cm³/mol. The maximum Gasteiger partial charge on any atom is 0.0565 e. The van der Waals surface area contributed by atoms with Crippen LogP contribution in [0.5, 0.6) is 0 Å². The van der Waals surface area contributed by atoms with E-state index in [1.54, 1.807) is 0 Å². The first-order chi connectivity index (χ1) is 5.77. The SMILES string of the molecule is CCC(O)C1CCC(CO)CC1. The lowest BCUT2D eigenvalue weighted by atomic mass is 9.79. The maximum absolute atomic E-state index is 9.58. The van der Waals surface area contributed by atoms with Gasteiger partial charge in [0.2, 0.25) is 0 Å². The Balaban J connectivity index is 2.25. The van der Waals surface area contributed by atoms with Gasteiger partial charge in [-0.15, -0.1) is 0 Å². The molecule has 0 aromatic heterocycles. The molecule has 0 saturated heterocycles. The van der Waals surface area contributed by atoms with Crippen LogP contribution in [0.3, 0.4) is 0 Å². The Morgan fingerprint density at radius 1 is 1.25 bits per heavy atom. The van der Waals surface area contributed by atoms with Gasteiger partial charge in [-0.2, -0.15) is 0 Å². The molecule has 1 atom stereocenters. The summed E-state index contributed by atoms with van der Waals surface area (Å²) >= 11 is 0. The molecule has 0 radical (unpaired) electrons. The zero-order valence-corrected chi connectivity index (χ0v) is 7.87. The normalized spacial score (nSPS) is 33.2. The van der Waals surface area contributed by atoms with Crippen molar-refractivity contribution in [1.82, 2.24) is 0 Å². The zero-order chi connectivity index (χ0) is 8.97. The standard InChI is InChI=1S/C10H20O2/c1-2-10(12)9-5-3-8(7-11)4-6-9/h8-12H,2-7H2,1H3. The van der Waals surface area contributed by atoms with Gasteiger partial charge in [0.1, 0.15) is 0 Å². The van der Waals surface area contributed by atoms with E-state index in [0.717, 1.165) is 32.1 Å². The van der Waals surface area contributed by atoms with E-state index in [2.05, 4.69) is 0 Å². The molecule has 0 heterocycles. The molecular formula is C10H20O2. The summed E-state index contributed by atoms with van der Waals surface area (Å²) in [5, 5.41) is 18.5. The molecule has 2 N–H and O–H groups in total. The summed E-state index contributed by atoms with van der Waals surface area (Å²) in [4.78, 5) is 0. The van der Waals surface area contributed by atoms with Gasteiger partial charge < -0.3 is 10.2 Å².